The van der Waals surface area contributed by atoms with Crippen LogP contribution in [0.3, 0.4) is 0 Å². The molecule has 1 aromatic rings. The monoisotopic (exact) mass is 546 g/mol. The van der Waals surface area contributed by atoms with E-state index in [-0.39, 0.29) is 0 Å². The fourth-order valence-corrected chi connectivity index (χ4v) is 6.15. The molecule has 0 bridgehead atoms. The highest BCUT2D eigenvalue weighted by atomic mass is 15.1. The van der Waals surface area contributed by atoms with Crippen molar-refractivity contribution in [3.8, 4) is 0 Å². The lowest BCUT2D eigenvalue weighted by atomic mass is 10.0. The molecule has 0 N–H and O–H groups in total. The molecule has 1 aromatic heterocycles. The average molecular weight is 546 g/mol. The SMILES string of the molecule is CCCCCCCCCCCCCCCCC[n+]1ccn(CCCCCCCCCC)c1CCCCCCC. The number of aryl methyl sites for hydroxylation is 2. The lowest BCUT2D eigenvalue weighted by Crippen LogP contribution is -2.37. The number of imidazole rings is 1. The van der Waals surface area contributed by atoms with Crippen LogP contribution < -0.4 is 4.57 Å². The van der Waals surface area contributed by atoms with Crippen LogP contribution in [0.15, 0.2) is 12.4 Å². The van der Waals surface area contributed by atoms with Crippen molar-refractivity contribution in [1.29, 1.82) is 0 Å². The van der Waals surface area contributed by atoms with Gasteiger partial charge >= 0.3 is 0 Å². The van der Waals surface area contributed by atoms with E-state index in [2.05, 4.69) is 42.3 Å². The van der Waals surface area contributed by atoms with E-state index >= 15 is 0 Å². The Labute approximate surface area is 247 Å². The topological polar surface area (TPSA) is 8.81 Å². The first-order chi connectivity index (χ1) is 19.3. The van der Waals surface area contributed by atoms with Gasteiger partial charge in [-0.25, -0.2) is 9.13 Å². The van der Waals surface area contributed by atoms with Crippen LogP contribution >= 0.6 is 0 Å². The van der Waals surface area contributed by atoms with Gasteiger partial charge in [-0.3, -0.25) is 0 Å². The molecule has 0 saturated carbocycles. The summed E-state index contributed by atoms with van der Waals surface area (Å²) in [4.78, 5) is 0. The minimum absolute atomic E-state index is 1.23. The fourth-order valence-electron chi connectivity index (χ4n) is 6.15. The van der Waals surface area contributed by atoms with Crippen LogP contribution in [-0.4, -0.2) is 4.57 Å². The van der Waals surface area contributed by atoms with Crippen LogP contribution in [0.1, 0.15) is 206 Å². The molecule has 0 aliphatic rings. The van der Waals surface area contributed by atoms with E-state index < -0.39 is 0 Å². The van der Waals surface area contributed by atoms with Gasteiger partial charge in [0.2, 0.25) is 0 Å². The molecule has 0 amide bonds. The Kier molecular flexibility index (Phi) is 26.7. The zero-order valence-electron chi connectivity index (χ0n) is 27.5. The van der Waals surface area contributed by atoms with Crippen molar-refractivity contribution >= 4 is 0 Å². The third-order valence-electron chi connectivity index (χ3n) is 8.85. The van der Waals surface area contributed by atoms with Crippen molar-refractivity contribution in [3.05, 3.63) is 18.2 Å². The maximum atomic E-state index is 2.62. The summed E-state index contributed by atoms with van der Waals surface area (Å²) < 4.78 is 5.23. The Morgan fingerprint density at radius 2 is 0.795 bits per heavy atom. The highest BCUT2D eigenvalue weighted by molar-refractivity contribution is 4.84. The summed E-state index contributed by atoms with van der Waals surface area (Å²) in [5.74, 6) is 1.61. The summed E-state index contributed by atoms with van der Waals surface area (Å²) in [5, 5.41) is 0. The van der Waals surface area contributed by atoms with E-state index in [0.717, 1.165) is 0 Å². The predicted molar refractivity (Wildman–Crippen MR) is 175 cm³/mol. The summed E-state index contributed by atoms with van der Waals surface area (Å²) >= 11 is 0. The molecule has 2 heteroatoms. The first-order valence-corrected chi connectivity index (χ1v) is 18.4. The second-order valence-corrected chi connectivity index (χ2v) is 12.7. The summed E-state index contributed by atoms with van der Waals surface area (Å²) in [6, 6.07) is 0. The second-order valence-electron chi connectivity index (χ2n) is 12.7. The first-order valence-electron chi connectivity index (χ1n) is 18.4. The van der Waals surface area contributed by atoms with E-state index in [4.69, 9.17) is 0 Å². The van der Waals surface area contributed by atoms with Crippen molar-refractivity contribution in [2.24, 2.45) is 0 Å². The molecule has 0 saturated heterocycles. The van der Waals surface area contributed by atoms with Crippen LogP contribution in [0.4, 0.5) is 0 Å². The van der Waals surface area contributed by atoms with Gasteiger partial charge in [0.05, 0.1) is 13.1 Å². The standard InChI is InChI=1S/C37H73N2/c1-4-7-10-13-15-17-18-19-20-21-22-23-25-28-31-34-39-36-35-38(37(39)32-29-26-12-9-6-3)33-30-27-24-16-14-11-8-5-2/h35-36H,4-34H2,1-3H3/q+1. The van der Waals surface area contributed by atoms with Crippen molar-refractivity contribution in [3.63, 3.8) is 0 Å². The largest absolute Gasteiger partial charge is 0.256 e. The summed E-state index contributed by atoms with van der Waals surface area (Å²) in [6.07, 6.45) is 45.9. The maximum absolute atomic E-state index is 2.62. The van der Waals surface area contributed by atoms with Crippen molar-refractivity contribution in [2.45, 2.75) is 220 Å². The van der Waals surface area contributed by atoms with E-state index in [9.17, 15) is 0 Å². The number of rotatable bonds is 31. The highest BCUT2D eigenvalue weighted by Gasteiger charge is 2.16. The molecule has 0 radical (unpaired) electrons. The van der Waals surface area contributed by atoms with Gasteiger partial charge in [0.15, 0.2) is 0 Å². The third-order valence-corrected chi connectivity index (χ3v) is 8.85. The average Bonchev–Trinajstić information content (AvgIpc) is 3.33. The summed E-state index contributed by atoms with van der Waals surface area (Å²) in [7, 11) is 0. The van der Waals surface area contributed by atoms with Crippen molar-refractivity contribution < 1.29 is 4.57 Å². The number of hydrogen-bond acceptors (Lipinski definition) is 0. The number of hydrogen-bond donors (Lipinski definition) is 0. The lowest BCUT2D eigenvalue weighted by Gasteiger charge is -2.07. The van der Waals surface area contributed by atoms with Gasteiger partial charge in [-0.15, -0.1) is 0 Å². The van der Waals surface area contributed by atoms with Gasteiger partial charge in [0.25, 0.3) is 5.82 Å². The number of nitrogens with zero attached hydrogens (tertiary/aromatic N) is 2. The molecule has 1 heterocycles. The summed E-state index contributed by atoms with van der Waals surface area (Å²) in [5.41, 5.74) is 0. The molecule has 0 aliphatic carbocycles. The Bertz CT molecular complexity index is 605. The van der Waals surface area contributed by atoms with Crippen LogP contribution in [-0.2, 0) is 19.5 Å². The third kappa shape index (κ3) is 21.6. The second kappa shape index (κ2) is 28.7. The molecule has 230 valence electrons. The van der Waals surface area contributed by atoms with E-state index in [0.29, 0.717) is 0 Å². The zero-order chi connectivity index (χ0) is 28.1. The molecule has 2 nitrogen and oxygen atoms in total. The van der Waals surface area contributed by atoms with E-state index in [1.165, 1.54) is 199 Å². The van der Waals surface area contributed by atoms with Crippen molar-refractivity contribution in [2.75, 3.05) is 0 Å². The van der Waals surface area contributed by atoms with Crippen LogP contribution in [0.25, 0.3) is 0 Å². The van der Waals surface area contributed by atoms with Gasteiger partial charge in [0.1, 0.15) is 12.4 Å². The van der Waals surface area contributed by atoms with Gasteiger partial charge in [0, 0.05) is 6.42 Å². The van der Waals surface area contributed by atoms with Gasteiger partial charge in [-0.05, 0) is 32.1 Å². The molecule has 0 spiro atoms. The minimum Gasteiger partial charge on any atom is -0.234 e. The zero-order valence-corrected chi connectivity index (χ0v) is 27.5. The van der Waals surface area contributed by atoms with Gasteiger partial charge in [-0.1, -0.05) is 168 Å². The molecule has 0 fully saturated rings. The maximum Gasteiger partial charge on any atom is 0.256 e. The lowest BCUT2D eigenvalue weighted by molar-refractivity contribution is -0.704. The van der Waals surface area contributed by atoms with E-state index in [1.54, 1.807) is 5.82 Å². The van der Waals surface area contributed by atoms with E-state index in [1.807, 2.05) is 0 Å². The van der Waals surface area contributed by atoms with Crippen LogP contribution in [0.5, 0.6) is 0 Å². The molecule has 0 aliphatic heterocycles. The summed E-state index contributed by atoms with van der Waals surface area (Å²) in [6.45, 7) is 9.39. The Hall–Kier alpha value is -0.790. The molecular weight excluding hydrogens is 472 g/mol. The number of unbranched alkanes of at least 4 members (excludes halogenated alkanes) is 25. The Morgan fingerprint density at radius 3 is 1.23 bits per heavy atom. The molecule has 0 aromatic carbocycles. The highest BCUT2D eigenvalue weighted by Crippen LogP contribution is 2.15. The molecule has 0 atom stereocenters. The first kappa shape index (κ1) is 36.2. The molecule has 0 unspecified atom stereocenters. The van der Waals surface area contributed by atoms with Crippen molar-refractivity contribution in [1.82, 2.24) is 4.57 Å². The Morgan fingerprint density at radius 1 is 0.436 bits per heavy atom. The molecule has 39 heavy (non-hydrogen) atoms. The molecule has 1 rings (SSSR count). The normalized spacial score (nSPS) is 11.6. The minimum atomic E-state index is 1.23. The quantitative estimate of drug-likeness (QED) is 0.0648. The van der Waals surface area contributed by atoms with Gasteiger partial charge < -0.3 is 0 Å². The van der Waals surface area contributed by atoms with Crippen LogP contribution in [0.2, 0.25) is 0 Å². The Balaban J connectivity index is 2.19. The molecular formula is C37H73N2+. The number of aromatic nitrogens is 2. The van der Waals surface area contributed by atoms with Crippen LogP contribution in [0, 0.1) is 0 Å². The van der Waals surface area contributed by atoms with Gasteiger partial charge in [-0.2, -0.15) is 0 Å². The predicted octanol–water partition coefficient (Wildman–Crippen LogP) is 12.3. The fraction of sp³-hybridized carbons (Fsp3) is 0.919. The smallest absolute Gasteiger partial charge is 0.234 e.